The van der Waals surface area contributed by atoms with E-state index in [1.165, 1.54) is 0 Å². The first-order valence-electron chi connectivity index (χ1n) is 8.53. The minimum Gasteiger partial charge on any atom is -0.343 e. The van der Waals surface area contributed by atoms with Crippen LogP contribution in [0.25, 0.3) is 0 Å². The highest BCUT2D eigenvalue weighted by molar-refractivity contribution is 5.92. The standard InChI is InChI=1S/C19H24N2O2/c22-18(14-15-6-4-5-7-15)21-12-10-16(11-13-21)19(23)20-17-8-2-1-3-9-17/h1-4,6,8-9,15-16H,5,7,10-14H2,(H,20,23)/t15-/m0/s1. The topological polar surface area (TPSA) is 49.4 Å². The minimum absolute atomic E-state index is 0.00522. The lowest BCUT2D eigenvalue weighted by Gasteiger charge is -2.32. The molecule has 1 fully saturated rings. The zero-order valence-corrected chi connectivity index (χ0v) is 13.4. The third-order valence-electron chi connectivity index (χ3n) is 4.81. The number of allylic oxidation sites excluding steroid dienone is 2. The fraction of sp³-hybridized carbons (Fsp3) is 0.474. The summed E-state index contributed by atoms with van der Waals surface area (Å²) in [6.45, 7) is 1.39. The number of para-hydroxylation sites is 1. The van der Waals surface area contributed by atoms with Crippen LogP contribution in [0.2, 0.25) is 0 Å². The second kappa shape index (κ2) is 7.44. The number of amides is 2. The molecule has 122 valence electrons. The summed E-state index contributed by atoms with van der Waals surface area (Å²) >= 11 is 0. The van der Waals surface area contributed by atoms with Crippen LogP contribution in [0.5, 0.6) is 0 Å². The SMILES string of the molecule is O=C(Nc1ccccc1)C1CCN(C(=O)C[C@H]2C=CCC2)CC1. The Morgan fingerprint density at radius 3 is 2.48 bits per heavy atom. The summed E-state index contributed by atoms with van der Waals surface area (Å²) < 4.78 is 0. The summed E-state index contributed by atoms with van der Waals surface area (Å²) in [5, 5.41) is 2.96. The average molecular weight is 312 g/mol. The van der Waals surface area contributed by atoms with Gasteiger partial charge in [-0.3, -0.25) is 9.59 Å². The Balaban J connectivity index is 1.45. The number of hydrogen-bond acceptors (Lipinski definition) is 2. The highest BCUT2D eigenvalue weighted by Crippen LogP contribution is 2.24. The molecule has 0 radical (unpaired) electrons. The van der Waals surface area contributed by atoms with Crippen LogP contribution in [-0.2, 0) is 9.59 Å². The second-order valence-electron chi connectivity index (χ2n) is 6.48. The van der Waals surface area contributed by atoms with Gasteiger partial charge in [-0.2, -0.15) is 0 Å². The van der Waals surface area contributed by atoms with Crippen molar-refractivity contribution in [3.8, 4) is 0 Å². The summed E-state index contributed by atoms with van der Waals surface area (Å²) in [4.78, 5) is 26.5. The Bertz CT molecular complexity index is 574. The molecule has 23 heavy (non-hydrogen) atoms. The maximum atomic E-state index is 12.3. The van der Waals surface area contributed by atoms with Crippen LogP contribution >= 0.6 is 0 Å². The molecule has 2 aliphatic rings. The number of benzene rings is 1. The van der Waals surface area contributed by atoms with Gasteiger partial charge in [-0.1, -0.05) is 30.4 Å². The smallest absolute Gasteiger partial charge is 0.227 e. The lowest BCUT2D eigenvalue weighted by Crippen LogP contribution is -2.41. The van der Waals surface area contributed by atoms with Gasteiger partial charge in [0, 0.05) is 31.1 Å². The lowest BCUT2D eigenvalue weighted by atomic mass is 9.95. The van der Waals surface area contributed by atoms with Gasteiger partial charge >= 0.3 is 0 Å². The highest BCUT2D eigenvalue weighted by atomic mass is 16.2. The fourth-order valence-corrected chi connectivity index (χ4v) is 3.38. The van der Waals surface area contributed by atoms with E-state index in [4.69, 9.17) is 0 Å². The van der Waals surface area contributed by atoms with Gasteiger partial charge < -0.3 is 10.2 Å². The van der Waals surface area contributed by atoms with Crippen molar-refractivity contribution in [1.82, 2.24) is 4.90 Å². The summed E-state index contributed by atoms with van der Waals surface area (Å²) in [6.07, 6.45) is 8.66. The van der Waals surface area contributed by atoms with E-state index in [1.54, 1.807) is 0 Å². The number of carbonyl (C=O) groups excluding carboxylic acids is 2. The Labute approximate surface area is 137 Å². The van der Waals surface area contributed by atoms with Crippen LogP contribution in [0.1, 0.15) is 32.1 Å². The summed E-state index contributed by atoms with van der Waals surface area (Å²) in [7, 11) is 0. The zero-order chi connectivity index (χ0) is 16.1. The molecule has 1 aromatic carbocycles. The largest absolute Gasteiger partial charge is 0.343 e. The molecular weight excluding hydrogens is 288 g/mol. The quantitative estimate of drug-likeness (QED) is 0.868. The minimum atomic E-state index is 0.00522. The molecule has 2 amide bonds. The van der Waals surface area contributed by atoms with E-state index in [2.05, 4.69) is 17.5 Å². The normalized spacial score (nSPS) is 21.4. The summed E-state index contributed by atoms with van der Waals surface area (Å²) in [5.41, 5.74) is 0.837. The predicted molar refractivity (Wildman–Crippen MR) is 90.9 cm³/mol. The first kappa shape index (κ1) is 15.8. The molecule has 3 rings (SSSR count). The van der Waals surface area contributed by atoms with Crippen molar-refractivity contribution in [3.05, 3.63) is 42.5 Å². The first-order valence-corrected chi connectivity index (χ1v) is 8.53. The van der Waals surface area contributed by atoms with Gasteiger partial charge in [0.25, 0.3) is 0 Å². The number of anilines is 1. The third-order valence-corrected chi connectivity index (χ3v) is 4.81. The molecule has 0 saturated carbocycles. The predicted octanol–water partition coefficient (Wildman–Crippen LogP) is 3.22. The summed E-state index contributed by atoms with van der Waals surface area (Å²) in [5.74, 6) is 0.734. The molecule has 1 aromatic rings. The highest BCUT2D eigenvalue weighted by Gasteiger charge is 2.28. The molecule has 4 heteroatoms. The molecule has 1 atom stereocenters. The first-order chi connectivity index (χ1) is 11.2. The second-order valence-corrected chi connectivity index (χ2v) is 6.48. The Morgan fingerprint density at radius 1 is 1.09 bits per heavy atom. The van der Waals surface area contributed by atoms with Crippen molar-refractivity contribution in [2.45, 2.75) is 32.1 Å². The molecule has 1 heterocycles. The van der Waals surface area contributed by atoms with Crippen molar-refractivity contribution < 1.29 is 9.59 Å². The third kappa shape index (κ3) is 4.21. The van der Waals surface area contributed by atoms with E-state index >= 15 is 0 Å². The maximum absolute atomic E-state index is 12.3. The van der Waals surface area contributed by atoms with Crippen molar-refractivity contribution >= 4 is 17.5 Å². The Morgan fingerprint density at radius 2 is 1.83 bits per heavy atom. The van der Waals surface area contributed by atoms with E-state index in [0.717, 1.165) is 31.4 Å². The number of carbonyl (C=O) groups is 2. The fourth-order valence-electron chi connectivity index (χ4n) is 3.38. The molecule has 1 N–H and O–H groups in total. The van der Waals surface area contributed by atoms with Crippen LogP contribution in [0.3, 0.4) is 0 Å². The molecule has 0 spiro atoms. The van der Waals surface area contributed by atoms with Crippen molar-refractivity contribution in [2.24, 2.45) is 11.8 Å². The zero-order valence-electron chi connectivity index (χ0n) is 13.4. The molecule has 0 unspecified atom stereocenters. The van der Waals surface area contributed by atoms with E-state index in [-0.39, 0.29) is 17.7 Å². The number of likely N-dealkylation sites (tertiary alicyclic amines) is 1. The Kier molecular flexibility index (Phi) is 5.11. The van der Waals surface area contributed by atoms with Crippen molar-refractivity contribution in [1.29, 1.82) is 0 Å². The van der Waals surface area contributed by atoms with E-state index < -0.39 is 0 Å². The van der Waals surface area contributed by atoms with Gasteiger partial charge in [0.2, 0.25) is 11.8 Å². The van der Waals surface area contributed by atoms with Gasteiger partial charge in [0.05, 0.1) is 0 Å². The van der Waals surface area contributed by atoms with Gasteiger partial charge in [-0.05, 0) is 43.7 Å². The van der Waals surface area contributed by atoms with Crippen molar-refractivity contribution in [2.75, 3.05) is 18.4 Å². The number of piperidine rings is 1. The maximum Gasteiger partial charge on any atom is 0.227 e. The van der Waals surface area contributed by atoms with Crippen molar-refractivity contribution in [3.63, 3.8) is 0 Å². The Hall–Kier alpha value is -2.10. The van der Waals surface area contributed by atoms with Gasteiger partial charge in [0.15, 0.2) is 0 Å². The van der Waals surface area contributed by atoms with Crippen LogP contribution < -0.4 is 5.32 Å². The van der Waals surface area contributed by atoms with E-state index in [0.29, 0.717) is 25.4 Å². The molecule has 0 aromatic heterocycles. The van der Waals surface area contributed by atoms with Crippen LogP contribution in [-0.4, -0.2) is 29.8 Å². The number of nitrogens with zero attached hydrogens (tertiary/aromatic N) is 1. The number of hydrogen-bond donors (Lipinski definition) is 1. The van der Waals surface area contributed by atoms with Gasteiger partial charge in [-0.15, -0.1) is 0 Å². The molecular formula is C19H24N2O2. The van der Waals surface area contributed by atoms with Crippen LogP contribution in [0.15, 0.2) is 42.5 Å². The van der Waals surface area contributed by atoms with Gasteiger partial charge in [0.1, 0.15) is 0 Å². The molecule has 1 aliphatic carbocycles. The molecule has 4 nitrogen and oxygen atoms in total. The molecule has 0 bridgehead atoms. The van der Waals surface area contributed by atoms with Crippen LogP contribution in [0.4, 0.5) is 5.69 Å². The average Bonchev–Trinajstić information content (AvgIpc) is 3.09. The van der Waals surface area contributed by atoms with Crippen LogP contribution in [0, 0.1) is 11.8 Å². The number of nitrogens with one attached hydrogen (secondary N) is 1. The van der Waals surface area contributed by atoms with Gasteiger partial charge in [-0.25, -0.2) is 0 Å². The molecule has 1 aliphatic heterocycles. The number of rotatable bonds is 4. The van der Waals surface area contributed by atoms with E-state index in [9.17, 15) is 9.59 Å². The summed E-state index contributed by atoms with van der Waals surface area (Å²) in [6, 6.07) is 9.54. The van der Waals surface area contributed by atoms with E-state index in [1.807, 2.05) is 35.2 Å². The lowest BCUT2D eigenvalue weighted by molar-refractivity contribution is -0.135. The molecule has 1 saturated heterocycles. The monoisotopic (exact) mass is 312 g/mol.